The van der Waals surface area contributed by atoms with Crippen LogP contribution in [0.5, 0.6) is 0 Å². The van der Waals surface area contributed by atoms with Gasteiger partial charge >= 0.3 is 0 Å². The van der Waals surface area contributed by atoms with Crippen molar-refractivity contribution in [1.82, 2.24) is 0 Å². The van der Waals surface area contributed by atoms with E-state index in [1.54, 1.807) is 0 Å². The molecule has 110 valence electrons. The van der Waals surface area contributed by atoms with Crippen molar-refractivity contribution in [3.8, 4) is 0 Å². The van der Waals surface area contributed by atoms with Crippen molar-refractivity contribution in [2.45, 2.75) is 56.3 Å². The van der Waals surface area contributed by atoms with Gasteiger partial charge < -0.3 is 14.6 Å². The van der Waals surface area contributed by atoms with Crippen LogP contribution < -0.4 is 5.73 Å². The third-order valence-corrected chi connectivity index (χ3v) is 5.99. The number of rotatable bonds is 3. The summed E-state index contributed by atoms with van der Waals surface area (Å²) >= 11 is 0. The van der Waals surface area contributed by atoms with Crippen LogP contribution in [0.3, 0.4) is 0 Å². The number of epoxide rings is 1. The van der Waals surface area contributed by atoms with E-state index in [1.807, 2.05) is 12.2 Å². The van der Waals surface area contributed by atoms with Crippen LogP contribution in [0.25, 0.3) is 0 Å². The molecule has 3 N–H and O–H groups in total. The van der Waals surface area contributed by atoms with Crippen molar-refractivity contribution in [3.05, 3.63) is 24.8 Å². The fourth-order valence-corrected chi connectivity index (χ4v) is 4.83. The van der Waals surface area contributed by atoms with Crippen LogP contribution in [-0.4, -0.2) is 28.8 Å². The van der Waals surface area contributed by atoms with Gasteiger partial charge in [0.05, 0.1) is 11.5 Å². The average Bonchev–Trinajstić information content (AvgIpc) is 3.05. The first-order chi connectivity index (χ1) is 9.47. The Morgan fingerprint density at radius 3 is 2.95 bits per heavy atom. The number of allylic oxidation sites excluding steroid dienone is 1. The Balaban J connectivity index is 1.83. The predicted octanol–water partition coefficient (Wildman–Crippen LogP) is 1.70. The fraction of sp³-hybridized carbons (Fsp3) is 0.750. The van der Waals surface area contributed by atoms with Crippen molar-refractivity contribution in [2.75, 3.05) is 0 Å². The number of aliphatic hydroxyl groups is 1. The smallest absolute Gasteiger partial charge is 0.177 e. The maximum Gasteiger partial charge on any atom is 0.177 e. The topological polar surface area (TPSA) is 68.0 Å². The molecule has 3 saturated heterocycles. The first-order valence-electron chi connectivity index (χ1n) is 7.65. The van der Waals surface area contributed by atoms with E-state index >= 15 is 0 Å². The van der Waals surface area contributed by atoms with Crippen LogP contribution in [0.2, 0.25) is 0 Å². The van der Waals surface area contributed by atoms with Gasteiger partial charge in [0.1, 0.15) is 6.10 Å². The second-order valence-corrected chi connectivity index (χ2v) is 6.95. The third-order valence-electron chi connectivity index (χ3n) is 5.99. The minimum Gasteiger partial charge on any atom is -0.364 e. The van der Waals surface area contributed by atoms with E-state index in [0.29, 0.717) is 0 Å². The number of hydrogen-bond acceptors (Lipinski definition) is 4. The minimum atomic E-state index is -1.09. The highest BCUT2D eigenvalue weighted by Crippen LogP contribution is 2.67. The van der Waals surface area contributed by atoms with E-state index in [9.17, 15) is 5.11 Å². The molecule has 4 aliphatic rings. The molecule has 0 amide bonds. The molecule has 20 heavy (non-hydrogen) atoms. The Morgan fingerprint density at radius 2 is 2.20 bits per heavy atom. The van der Waals surface area contributed by atoms with Crippen LogP contribution >= 0.6 is 0 Å². The molecule has 3 heterocycles. The molecule has 0 saturated carbocycles. The van der Waals surface area contributed by atoms with Gasteiger partial charge in [-0.05, 0) is 31.8 Å². The summed E-state index contributed by atoms with van der Waals surface area (Å²) in [5.41, 5.74) is 5.18. The molecule has 7 atom stereocenters. The summed E-state index contributed by atoms with van der Waals surface area (Å²) in [6.45, 7) is 5.91. The number of hydrogen-bond donors (Lipinski definition) is 2. The Morgan fingerprint density at radius 1 is 1.40 bits per heavy atom. The normalized spacial score (nSPS) is 59.0. The van der Waals surface area contributed by atoms with Gasteiger partial charge in [-0.1, -0.05) is 19.1 Å². The van der Waals surface area contributed by atoms with Gasteiger partial charge in [-0.25, -0.2) is 0 Å². The minimum absolute atomic E-state index is 0.0124. The van der Waals surface area contributed by atoms with Crippen molar-refractivity contribution in [3.63, 3.8) is 0 Å². The van der Waals surface area contributed by atoms with Crippen molar-refractivity contribution in [1.29, 1.82) is 0 Å². The van der Waals surface area contributed by atoms with Gasteiger partial charge in [-0.3, -0.25) is 5.73 Å². The van der Waals surface area contributed by atoms with Crippen LogP contribution in [0.1, 0.15) is 32.6 Å². The number of ether oxygens (including phenoxy) is 2. The molecule has 0 spiro atoms. The Kier molecular flexibility index (Phi) is 2.44. The first-order valence-corrected chi connectivity index (χ1v) is 7.65. The Bertz CT molecular complexity index is 492. The maximum atomic E-state index is 11.3. The molecule has 0 aromatic heterocycles. The highest BCUT2D eigenvalue weighted by molar-refractivity contribution is 5.33. The molecular weight excluding hydrogens is 254 g/mol. The number of nitrogens with two attached hydrogens (primary N) is 1. The molecule has 4 nitrogen and oxygen atoms in total. The van der Waals surface area contributed by atoms with Crippen molar-refractivity contribution in [2.24, 2.45) is 23.0 Å². The zero-order chi connectivity index (χ0) is 14.2. The summed E-state index contributed by atoms with van der Waals surface area (Å²) in [5.74, 6) is -0.803. The molecule has 4 heteroatoms. The fourth-order valence-electron chi connectivity index (χ4n) is 4.83. The van der Waals surface area contributed by atoms with Gasteiger partial charge in [0.2, 0.25) is 0 Å². The van der Waals surface area contributed by atoms with Gasteiger partial charge in [0.15, 0.2) is 11.5 Å². The number of fused-ring (bicyclic) bond motifs is 7. The van der Waals surface area contributed by atoms with Crippen molar-refractivity contribution < 1.29 is 14.6 Å². The highest BCUT2D eigenvalue weighted by atomic mass is 16.7. The molecule has 0 aromatic rings. The van der Waals surface area contributed by atoms with Crippen LogP contribution in [0.15, 0.2) is 24.8 Å². The van der Waals surface area contributed by atoms with E-state index in [-0.39, 0.29) is 29.5 Å². The summed E-state index contributed by atoms with van der Waals surface area (Å²) in [4.78, 5) is 0. The largest absolute Gasteiger partial charge is 0.364 e. The molecule has 2 bridgehead atoms. The monoisotopic (exact) mass is 277 g/mol. The second kappa shape index (κ2) is 3.74. The summed E-state index contributed by atoms with van der Waals surface area (Å²) < 4.78 is 11.9. The molecule has 3 aliphatic heterocycles. The molecular formula is C16H23NO3. The third kappa shape index (κ3) is 1.31. The Labute approximate surface area is 119 Å². The van der Waals surface area contributed by atoms with Crippen molar-refractivity contribution >= 4 is 0 Å². The van der Waals surface area contributed by atoms with Gasteiger partial charge in [0, 0.05) is 11.8 Å². The van der Waals surface area contributed by atoms with Crippen LogP contribution in [-0.2, 0) is 9.47 Å². The molecule has 0 aromatic carbocycles. The lowest BCUT2D eigenvalue weighted by molar-refractivity contribution is -0.277. The quantitative estimate of drug-likeness (QED) is 0.608. The summed E-state index contributed by atoms with van der Waals surface area (Å²) in [6.07, 6.45) is 9.65. The zero-order valence-electron chi connectivity index (χ0n) is 11.9. The standard InChI is InChI=1S/C16H23NO3/c1-3-4-7-14-8-9-15(17)13(20-15)12(14)11-6-5-10(2)16(14,18)19-11/h3,8-13,18H,1,4-7,17H2,2H3/t10-,11-,12-,13-,14+,15+,16+/m1/s1. The van der Waals surface area contributed by atoms with Gasteiger partial charge in [0.25, 0.3) is 0 Å². The lowest BCUT2D eigenvalue weighted by atomic mass is 9.61. The van der Waals surface area contributed by atoms with Crippen LogP contribution in [0, 0.1) is 17.3 Å². The van der Waals surface area contributed by atoms with E-state index in [2.05, 4.69) is 19.6 Å². The summed E-state index contributed by atoms with van der Waals surface area (Å²) in [5, 5.41) is 11.3. The van der Waals surface area contributed by atoms with Crippen LogP contribution in [0.4, 0.5) is 0 Å². The maximum absolute atomic E-state index is 11.3. The lowest BCUT2D eigenvalue weighted by Gasteiger charge is -2.46. The molecule has 0 radical (unpaired) electrons. The second-order valence-electron chi connectivity index (χ2n) is 6.95. The average molecular weight is 277 g/mol. The van der Waals surface area contributed by atoms with E-state index in [0.717, 1.165) is 25.7 Å². The summed E-state index contributed by atoms with van der Waals surface area (Å²) in [6, 6.07) is 0. The Hall–Kier alpha value is -0.680. The predicted molar refractivity (Wildman–Crippen MR) is 74.5 cm³/mol. The lowest BCUT2D eigenvalue weighted by Crippen LogP contribution is -2.54. The van der Waals surface area contributed by atoms with E-state index in [4.69, 9.17) is 15.2 Å². The van der Waals surface area contributed by atoms with E-state index in [1.165, 1.54) is 0 Å². The van der Waals surface area contributed by atoms with E-state index < -0.39 is 11.5 Å². The SMILES string of the molecule is C=CCC[C@]12C=C[C@]3(N)O[C@@H]3[C@H]1[C@H]1CC[C@@H](C)[C@]2(O)O1. The first kappa shape index (κ1) is 13.0. The van der Waals surface area contributed by atoms with Gasteiger partial charge in [-0.2, -0.15) is 0 Å². The molecule has 3 fully saturated rings. The summed E-state index contributed by atoms with van der Waals surface area (Å²) in [7, 11) is 0. The van der Waals surface area contributed by atoms with Gasteiger partial charge in [-0.15, -0.1) is 6.58 Å². The molecule has 4 rings (SSSR count). The molecule has 0 unspecified atom stereocenters. The zero-order valence-corrected chi connectivity index (χ0v) is 11.9. The highest BCUT2D eigenvalue weighted by Gasteiger charge is 2.76. The molecule has 1 aliphatic carbocycles.